The average molecular weight is 271 g/mol. The van der Waals surface area contributed by atoms with Gasteiger partial charge in [-0.05, 0) is 43.2 Å². The number of rotatable bonds is 5. The van der Waals surface area contributed by atoms with Gasteiger partial charge in [0.1, 0.15) is 5.75 Å². The Hall–Kier alpha value is -1.94. The Bertz CT molecular complexity index is 544. The SMILES string of the molecule is Cc1cc(C)cc(Oc2ccc(CNC(C)C)nn2)c1. The molecule has 0 radical (unpaired) electrons. The van der Waals surface area contributed by atoms with Gasteiger partial charge in [-0.2, -0.15) is 5.10 Å². The van der Waals surface area contributed by atoms with Crippen molar-refractivity contribution in [2.45, 2.75) is 40.3 Å². The Morgan fingerprint density at radius 2 is 1.75 bits per heavy atom. The third-order valence-electron chi connectivity index (χ3n) is 2.80. The van der Waals surface area contributed by atoms with Crippen LogP contribution in [0, 0.1) is 13.8 Å². The molecule has 0 spiro atoms. The summed E-state index contributed by atoms with van der Waals surface area (Å²) >= 11 is 0. The molecule has 4 heteroatoms. The van der Waals surface area contributed by atoms with Crippen LogP contribution in [0.5, 0.6) is 11.6 Å². The first kappa shape index (κ1) is 14.5. The summed E-state index contributed by atoms with van der Waals surface area (Å²) in [4.78, 5) is 0. The van der Waals surface area contributed by atoms with E-state index in [9.17, 15) is 0 Å². The van der Waals surface area contributed by atoms with Crippen molar-refractivity contribution in [3.63, 3.8) is 0 Å². The minimum Gasteiger partial charge on any atom is -0.438 e. The van der Waals surface area contributed by atoms with E-state index in [1.165, 1.54) is 11.1 Å². The first-order valence-corrected chi connectivity index (χ1v) is 6.85. The van der Waals surface area contributed by atoms with Gasteiger partial charge in [-0.25, -0.2) is 0 Å². The minimum atomic E-state index is 0.433. The van der Waals surface area contributed by atoms with Crippen LogP contribution in [0.15, 0.2) is 30.3 Å². The van der Waals surface area contributed by atoms with Crippen molar-refractivity contribution in [1.82, 2.24) is 15.5 Å². The summed E-state index contributed by atoms with van der Waals surface area (Å²) < 4.78 is 5.73. The lowest BCUT2D eigenvalue weighted by atomic mass is 10.1. The lowest BCUT2D eigenvalue weighted by Crippen LogP contribution is -2.22. The van der Waals surface area contributed by atoms with Crippen LogP contribution in [0.25, 0.3) is 0 Å². The predicted molar refractivity (Wildman–Crippen MR) is 80.0 cm³/mol. The Morgan fingerprint density at radius 3 is 2.30 bits per heavy atom. The van der Waals surface area contributed by atoms with E-state index < -0.39 is 0 Å². The molecule has 0 aliphatic rings. The van der Waals surface area contributed by atoms with Crippen LogP contribution in [0.1, 0.15) is 30.7 Å². The standard InChI is InChI=1S/C16H21N3O/c1-11(2)17-10-14-5-6-16(19-18-14)20-15-8-12(3)7-13(4)9-15/h5-9,11,17H,10H2,1-4H3. The molecule has 2 aromatic rings. The molecule has 4 nitrogen and oxygen atoms in total. The maximum atomic E-state index is 5.73. The van der Waals surface area contributed by atoms with Crippen LogP contribution in [0.4, 0.5) is 0 Å². The van der Waals surface area contributed by atoms with Gasteiger partial charge in [0.15, 0.2) is 0 Å². The molecule has 2 rings (SSSR count). The van der Waals surface area contributed by atoms with Crippen LogP contribution in [0.2, 0.25) is 0 Å². The van der Waals surface area contributed by atoms with E-state index in [0.29, 0.717) is 18.5 Å². The van der Waals surface area contributed by atoms with E-state index in [4.69, 9.17) is 4.74 Å². The van der Waals surface area contributed by atoms with Crippen molar-refractivity contribution < 1.29 is 4.74 Å². The zero-order valence-electron chi connectivity index (χ0n) is 12.5. The highest BCUT2D eigenvalue weighted by Crippen LogP contribution is 2.21. The highest BCUT2D eigenvalue weighted by atomic mass is 16.5. The Kier molecular flexibility index (Phi) is 4.69. The van der Waals surface area contributed by atoms with Crippen molar-refractivity contribution in [2.75, 3.05) is 0 Å². The number of nitrogens with zero attached hydrogens (tertiary/aromatic N) is 2. The average Bonchev–Trinajstić information content (AvgIpc) is 2.36. The monoisotopic (exact) mass is 271 g/mol. The van der Waals surface area contributed by atoms with Crippen LogP contribution in [0.3, 0.4) is 0 Å². The number of benzene rings is 1. The fourth-order valence-corrected chi connectivity index (χ4v) is 1.92. The van der Waals surface area contributed by atoms with Crippen LogP contribution in [-0.4, -0.2) is 16.2 Å². The second-order valence-electron chi connectivity index (χ2n) is 5.32. The van der Waals surface area contributed by atoms with E-state index in [1.807, 2.05) is 38.1 Å². The van der Waals surface area contributed by atoms with E-state index in [1.54, 1.807) is 0 Å². The van der Waals surface area contributed by atoms with Crippen molar-refractivity contribution >= 4 is 0 Å². The van der Waals surface area contributed by atoms with Crippen LogP contribution >= 0.6 is 0 Å². The summed E-state index contributed by atoms with van der Waals surface area (Å²) in [5.41, 5.74) is 3.25. The summed E-state index contributed by atoms with van der Waals surface area (Å²) in [7, 11) is 0. The highest BCUT2D eigenvalue weighted by Gasteiger charge is 2.03. The van der Waals surface area contributed by atoms with Gasteiger partial charge in [-0.1, -0.05) is 19.9 Å². The number of aromatic nitrogens is 2. The minimum absolute atomic E-state index is 0.433. The molecule has 106 valence electrons. The number of aryl methyl sites for hydroxylation is 2. The third kappa shape index (κ3) is 4.31. The molecule has 1 aromatic carbocycles. The van der Waals surface area contributed by atoms with Gasteiger partial charge in [0, 0.05) is 18.7 Å². The maximum absolute atomic E-state index is 5.73. The number of ether oxygens (including phenoxy) is 1. The Balaban J connectivity index is 2.03. The quantitative estimate of drug-likeness (QED) is 0.905. The largest absolute Gasteiger partial charge is 0.438 e. The Morgan fingerprint density at radius 1 is 1.05 bits per heavy atom. The molecule has 1 aromatic heterocycles. The lowest BCUT2D eigenvalue weighted by Gasteiger charge is -2.08. The summed E-state index contributed by atoms with van der Waals surface area (Å²) in [6.07, 6.45) is 0. The van der Waals surface area contributed by atoms with E-state index in [-0.39, 0.29) is 0 Å². The van der Waals surface area contributed by atoms with Gasteiger partial charge in [0.25, 0.3) is 0 Å². The van der Waals surface area contributed by atoms with Crippen molar-refractivity contribution in [2.24, 2.45) is 0 Å². The zero-order chi connectivity index (χ0) is 14.5. The Labute approximate surface area is 120 Å². The highest BCUT2D eigenvalue weighted by molar-refractivity contribution is 5.35. The summed E-state index contributed by atoms with van der Waals surface area (Å²) in [5.74, 6) is 1.31. The van der Waals surface area contributed by atoms with Crippen LogP contribution in [-0.2, 0) is 6.54 Å². The summed E-state index contributed by atoms with van der Waals surface area (Å²) in [6, 6.07) is 10.3. The topological polar surface area (TPSA) is 47.0 Å². The van der Waals surface area contributed by atoms with Crippen molar-refractivity contribution in [3.05, 3.63) is 47.2 Å². The molecule has 0 aliphatic heterocycles. The molecule has 0 unspecified atom stereocenters. The zero-order valence-corrected chi connectivity index (χ0v) is 12.5. The smallest absolute Gasteiger partial charge is 0.238 e. The molecule has 1 heterocycles. The molecule has 0 bridgehead atoms. The molecular formula is C16H21N3O. The summed E-state index contributed by atoms with van der Waals surface area (Å²) in [6.45, 7) is 9.02. The molecule has 0 fully saturated rings. The molecule has 0 aliphatic carbocycles. The van der Waals surface area contributed by atoms with Gasteiger partial charge in [0.2, 0.25) is 5.88 Å². The first-order chi connectivity index (χ1) is 9.52. The molecule has 0 atom stereocenters. The molecule has 0 saturated carbocycles. The number of nitrogens with one attached hydrogen (secondary N) is 1. The third-order valence-corrected chi connectivity index (χ3v) is 2.80. The van der Waals surface area contributed by atoms with Gasteiger partial charge in [0.05, 0.1) is 5.69 Å². The van der Waals surface area contributed by atoms with Gasteiger partial charge in [-0.3, -0.25) is 0 Å². The second-order valence-corrected chi connectivity index (χ2v) is 5.32. The second kappa shape index (κ2) is 6.48. The molecule has 0 saturated heterocycles. The molecule has 20 heavy (non-hydrogen) atoms. The normalized spacial score (nSPS) is 10.8. The van der Waals surface area contributed by atoms with Crippen molar-refractivity contribution in [3.8, 4) is 11.6 Å². The predicted octanol–water partition coefficient (Wildman–Crippen LogP) is 3.38. The van der Waals surface area contributed by atoms with Crippen LogP contribution < -0.4 is 10.1 Å². The van der Waals surface area contributed by atoms with Crippen molar-refractivity contribution in [1.29, 1.82) is 0 Å². The molecule has 0 amide bonds. The molecular weight excluding hydrogens is 250 g/mol. The summed E-state index contributed by atoms with van der Waals surface area (Å²) in [5, 5.41) is 11.6. The van der Waals surface area contributed by atoms with E-state index >= 15 is 0 Å². The first-order valence-electron chi connectivity index (χ1n) is 6.85. The van der Waals surface area contributed by atoms with E-state index in [2.05, 4.69) is 35.4 Å². The molecule has 1 N–H and O–H groups in total. The van der Waals surface area contributed by atoms with Gasteiger partial charge < -0.3 is 10.1 Å². The number of hydrogen-bond acceptors (Lipinski definition) is 4. The fourth-order valence-electron chi connectivity index (χ4n) is 1.92. The maximum Gasteiger partial charge on any atom is 0.238 e. The number of hydrogen-bond donors (Lipinski definition) is 1. The fraction of sp³-hybridized carbons (Fsp3) is 0.375. The van der Waals surface area contributed by atoms with E-state index in [0.717, 1.165) is 11.4 Å². The van der Waals surface area contributed by atoms with Gasteiger partial charge in [-0.15, -0.1) is 5.10 Å². The van der Waals surface area contributed by atoms with Gasteiger partial charge >= 0.3 is 0 Å². The lowest BCUT2D eigenvalue weighted by molar-refractivity contribution is 0.452.